The molecule has 3 rings (SSSR count). The van der Waals surface area contributed by atoms with E-state index < -0.39 is 0 Å². The van der Waals surface area contributed by atoms with E-state index >= 15 is 0 Å². The van der Waals surface area contributed by atoms with E-state index in [1.54, 1.807) is 0 Å². The molecule has 0 aliphatic carbocycles. The molecule has 4 heteroatoms. The van der Waals surface area contributed by atoms with Gasteiger partial charge in [-0.2, -0.15) is 0 Å². The molecule has 0 atom stereocenters. The van der Waals surface area contributed by atoms with E-state index in [0.29, 0.717) is 0 Å². The first-order valence-corrected chi connectivity index (χ1v) is 9.92. The fourth-order valence-corrected chi connectivity index (χ4v) is 6.02. The summed E-state index contributed by atoms with van der Waals surface area (Å²) < 4.78 is 2.53. The van der Waals surface area contributed by atoms with Crippen LogP contribution < -0.4 is 0 Å². The lowest BCUT2D eigenvalue weighted by molar-refractivity contribution is 0.577. The zero-order chi connectivity index (χ0) is 15.4. The van der Waals surface area contributed by atoms with E-state index in [9.17, 15) is 0 Å². The van der Waals surface area contributed by atoms with Crippen LogP contribution >= 0.6 is 23.5 Å². The summed E-state index contributed by atoms with van der Waals surface area (Å²) in [5.74, 6) is 3.37. The molecule has 0 N–H and O–H groups in total. The first kappa shape index (κ1) is 16.0. The molecule has 2 nitrogen and oxygen atoms in total. The number of aryl methyl sites for hydroxylation is 2. The van der Waals surface area contributed by atoms with Crippen LogP contribution in [0.5, 0.6) is 0 Å². The summed E-state index contributed by atoms with van der Waals surface area (Å²) in [5, 5.41) is 0. The molecule has 1 saturated heterocycles. The van der Waals surface area contributed by atoms with Gasteiger partial charge in [-0.1, -0.05) is 36.8 Å². The molecule has 1 aliphatic heterocycles. The highest BCUT2D eigenvalue weighted by molar-refractivity contribution is 8.18. The van der Waals surface area contributed by atoms with Crippen LogP contribution in [0, 0.1) is 12.8 Å². The summed E-state index contributed by atoms with van der Waals surface area (Å²) in [6.07, 6.45) is 8.30. The van der Waals surface area contributed by atoms with Crippen molar-refractivity contribution in [2.45, 2.75) is 37.3 Å². The largest absolute Gasteiger partial charge is 0.335 e. The fourth-order valence-electron chi connectivity index (χ4n) is 2.74. The molecule has 0 saturated carbocycles. The Balaban J connectivity index is 1.69. The third-order valence-corrected chi connectivity index (χ3v) is 8.06. The van der Waals surface area contributed by atoms with Gasteiger partial charge >= 0.3 is 0 Å². The Kier molecular flexibility index (Phi) is 5.19. The maximum atomic E-state index is 4.21. The second kappa shape index (κ2) is 7.14. The highest BCUT2D eigenvalue weighted by atomic mass is 32.2. The van der Waals surface area contributed by atoms with Gasteiger partial charge in [0.15, 0.2) is 0 Å². The Morgan fingerprint density at radius 1 is 1.23 bits per heavy atom. The van der Waals surface area contributed by atoms with Crippen molar-refractivity contribution in [2.75, 3.05) is 11.5 Å². The topological polar surface area (TPSA) is 17.8 Å². The van der Waals surface area contributed by atoms with Gasteiger partial charge in [0.1, 0.15) is 0 Å². The standard InChI is InChI=1S/C18H24N2S2/c1-15-3-5-17(6-4-15)7-8-18(13-20-10-9-19-14-20)21-11-16(2)12-22-18/h3-6,9-10,14,16H,7-8,11-13H2,1-2H3. The lowest BCUT2D eigenvalue weighted by atomic mass is 10.1. The molecule has 1 aromatic carbocycles. The van der Waals surface area contributed by atoms with Gasteiger partial charge in [-0.15, -0.1) is 23.5 Å². The van der Waals surface area contributed by atoms with Crippen LogP contribution in [0.3, 0.4) is 0 Å². The summed E-state index contributed by atoms with van der Waals surface area (Å²) in [6, 6.07) is 9.00. The average molecular weight is 333 g/mol. The Bertz CT molecular complexity index is 570. The van der Waals surface area contributed by atoms with Crippen molar-refractivity contribution in [1.29, 1.82) is 0 Å². The van der Waals surface area contributed by atoms with Crippen molar-refractivity contribution >= 4 is 23.5 Å². The maximum Gasteiger partial charge on any atom is 0.0946 e. The molecule has 118 valence electrons. The number of nitrogens with zero attached hydrogens (tertiary/aromatic N) is 2. The molecule has 1 aromatic heterocycles. The predicted octanol–water partition coefficient (Wildman–Crippen LogP) is 4.64. The van der Waals surface area contributed by atoms with Gasteiger partial charge in [0.05, 0.1) is 10.4 Å². The second-order valence-corrected chi connectivity index (χ2v) is 9.42. The Morgan fingerprint density at radius 2 is 1.95 bits per heavy atom. The van der Waals surface area contributed by atoms with Gasteiger partial charge in [0, 0.05) is 18.9 Å². The monoisotopic (exact) mass is 332 g/mol. The number of imidazole rings is 1. The highest BCUT2D eigenvalue weighted by Gasteiger charge is 2.35. The van der Waals surface area contributed by atoms with Crippen LogP contribution in [0.1, 0.15) is 24.5 Å². The van der Waals surface area contributed by atoms with Crippen molar-refractivity contribution in [1.82, 2.24) is 9.55 Å². The number of aromatic nitrogens is 2. The van der Waals surface area contributed by atoms with Crippen LogP contribution in [0.15, 0.2) is 43.0 Å². The minimum atomic E-state index is 0.290. The van der Waals surface area contributed by atoms with Crippen molar-refractivity contribution in [3.05, 3.63) is 54.1 Å². The Morgan fingerprint density at radius 3 is 2.59 bits per heavy atom. The Labute approximate surface area is 142 Å². The summed E-state index contributed by atoms with van der Waals surface area (Å²) in [4.78, 5) is 4.21. The number of hydrogen-bond acceptors (Lipinski definition) is 3. The van der Waals surface area contributed by atoms with Gasteiger partial charge in [0.2, 0.25) is 0 Å². The second-order valence-electron chi connectivity index (χ2n) is 6.36. The molecule has 0 spiro atoms. The summed E-state index contributed by atoms with van der Waals surface area (Å²) in [7, 11) is 0. The SMILES string of the molecule is Cc1ccc(CCC2(Cn3ccnc3)SCC(C)CS2)cc1. The van der Waals surface area contributed by atoms with Gasteiger partial charge in [-0.25, -0.2) is 4.98 Å². The lowest BCUT2D eigenvalue weighted by Crippen LogP contribution is -2.33. The smallest absolute Gasteiger partial charge is 0.0946 e. The van der Waals surface area contributed by atoms with Crippen molar-refractivity contribution in [2.24, 2.45) is 5.92 Å². The molecular weight excluding hydrogens is 308 g/mol. The number of hydrogen-bond donors (Lipinski definition) is 0. The van der Waals surface area contributed by atoms with Crippen LogP contribution in [0.2, 0.25) is 0 Å². The van der Waals surface area contributed by atoms with E-state index in [-0.39, 0.29) is 4.08 Å². The number of rotatable bonds is 5. The zero-order valence-electron chi connectivity index (χ0n) is 13.4. The van der Waals surface area contributed by atoms with Crippen LogP contribution in [0.25, 0.3) is 0 Å². The lowest BCUT2D eigenvalue weighted by Gasteiger charge is -2.38. The van der Waals surface area contributed by atoms with E-state index in [2.05, 4.69) is 77.4 Å². The van der Waals surface area contributed by atoms with Gasteiger partial charge in [0.25, 0.3) is 0 Å². The first-order chi connectivity index (χ1) is 10.7. The highest BCUT2D eigenvalue weighted by Crippen LogP contribution is 2.48. The van der Waals surface area contributed by atoms with Gasteiger partial charge in [-0.3, -0.25) is 0 Å². The molecule has 22 heavy (non-hydrogen) atoms. The molecule has 2 aromatic rings. The minimum absolute atomic E-state index is 0.290. The molecular formula is C18H24N2S2. The summed E-state index contributed by atoms with van der Waals surface area (Å²) in [5.41, 5.74) is 2.79. The maximum absolute atomic E-state index is 4.21. The fraction of sp³-hybridized carbons (Fsp3) is 0.500. The normalized spacial score (nSPS) is 25.3. The van der Waals surface area contributed by atoms with Crippen molar-refractivity contribution in [3.8, 4) is 0 Å². The predicted molar refractivity (Wildman–Crippen MR) is 98.5 cm³/mol. The minimum Gasteiger partial charge on any atom is -0.335 e. The number of thioether (sulfide) groups is 2. The van der Waals surface area contributed by atoms with Crippen molar-refractivity contribution < 1.29 is 0 Å². The molecule has 1 aliphatic rings. The van der Waals surface area contributed by atoms with E-state index in [4.69, 9.17) is 0 Å². The van der Waals surface area contributed by atoms with Crippen LogP contribution in [-0.4, -0.2) is 25.1 Å². The molecule has 0 unspecified atom stereocenters. The number of benzene rings is 1. The Hall–Kier alpha value is -0.870. The molecule has 0 radical (unpaired) electrons. The first-order valence-electron chi connectivity index (χ1n) is 7.94. The van der Waals surface area contributed by atoms with E-state index in [0.717, 1.165) is 18.9 Å². The quantitative estimate of drug-likeness (QED) is 0.794. The molecule has 0 amide bonds. The van der Waals surface area contributed by atoms with E-state index in [1.807, 2.05) is 12.5 Å². The third kappa shape index (κ3) is 4.11. The van der Waals surface area contributed by atoms with Gasteiger partial charge < -0.3 is 4.57 Å². The third-order valence-electron chi connectivity index (χ3n) is 4.16. The van der Waals surface area contributed by atoms with Crippen molar-refractivity contribution in [3.63, 3.8) is 0 Å². The molecule has 2 heterocycles. The van der Waals surface area contributed by atoms with E-state index in [1.165, 1.54) is 29.1 Å². The average Bonchev–Trinajstić information content (AvgIpc) is 3.03. The summed E-state index contributed by atoms with van der Waals surface area (Å²) in [6.45, 7) is 5.57. The summed E-state index contributed by atoms with van der Waals surface area (Å²) >= 11 is 4.31. The van der Waals surface area contributed by atoms with Crippen LogP contribution in [0.4, 0.5) is 0 Å². The van der Waals surface area contributed by atoms with Crippen LogP contribution in [-0.2, 0) is 13.0 Å². The zero-order valence-corrected chi connectivity index (χ0v) is 15.0. The molecule has 0 bridgehead atoms. The van der Waals surface area contributed by atoms with Gasteiger partial charge in [-0.05, 0) is 42.8 Å². The molecule has 1 fully saturated rings.